The number of hydrogen-bond acceptors (Lipinski definition) is 4. The molecule has 5 nitrogen and oxygen atoms in total. The van der Waals surface area contributed by atoms with E-state index in [1.165, 1.54) is 27.4 Å². The van der Waals surface area contributed by atoms with E-state index in [4.69, 9.17) is 0 Å². The summed E-state index contributed by atoms with van der Waals surface area (Å²) in [4.78, 5) is 12.6. The van der Waals surface area contributed by atoms with Crippen molar-refractivity contribution >= 4 is 17.4 Å². The molecule has 2 heterocycles. The average molecular weight is 272 g/mol. The Kier molecular flexibility index (Phi) is 2.87. The van der Waals surface area contributed by atoms with E-state index in [0.717, 1.165) is 9.92 Å². The number of nitrogens with one attached hydrogen (secondary N) is 1. The maximum Gasteiger partial charge on any atom is 0.364 e. The molecule has 19 heavy (non-hydrogen) atoms. The fourth-order valence-electron chi connectivity index (χ4n) is 1.74. The van der Waals surface area contributed by atoms with Crippen LogP contribution in [0.25, 0.3) is 5.65 Å². The minimum absolute atomic E-state index is 0.322. The van der Waals surface area contributed by atoms with Gasteiger partial charge in [-0.25, -0.2) is 9.89 Å². The van der Waals surface area contributed by atoms with E-state index in [2.05, 4.69) is 47.3 Å². The second kappa shape index (κ2) is 4.55. The zero-order valence-corrected chi connectivity index (χ0v) is 11.4. The number of nitrogens with zero attached hydrogens (tertiary/aromatic N) is 3. The van der Waals surface area contributed by atoms with E-state index in [0.29, 0.717) is 5.65 Å². The molecule has 0 aliphatic heterocycles. The quantitative estimate of drug-likeness (QED) is 0.776. The SMILES string of the molecule is Cc1ccc(Sc2ccc3n[nH]c(=O)n3n2)cc1C. The van der Waals surface area contributed by atoms with Gasteiger partial charge in [-0.05, 0) is 49.2 Å². The predicted octanol–water partition coefficient (Wildman–Crippen LogP) is 2.19. The average Bonchev–Trinajstić information content (AvgIpc) is 2.76. The molecule has 0 amide bonds. The monoisotopic (exact) mass is 272 g/mol. The summed E-state index contributed by atoms with van der Waals surface area (Å²) >= 11 is 1.52. The summed E-state index contributed by atoms with van der Waals surface area (Å²) in [5.74, 6) is 0. The van der Waals surface area contributed by atoms with Crippen molar-refractivity contribution in [2.24, 2.45) is 0 Å². The molecule has 0 aliphatic rings. The van der Waals surface area contributed by atoms with Gasteiger partial charge in [0.2, 0.25) is 0 Å². The highest BCUT2D eigenvalue weighted by Crippen LogP contribution is 2.27. The van der Waals surface area contributed by atoms with E-state index in [1.54, 1.807) is 6.07 Å². The Labute approximate surface area is 113 Å². The van der Waals surface area contributed by atoms with Crippen LogP contribution in [0.4, 0.5) is 0 Å². The van der Waals surface area contributed by atoms with Crippen LogP contribution in [0.1, 0.15) is 11.1 Å². The third kappa shape index (κ3) is 2.26. The van der Waals surface area contributed by atoms with Crippen LogP contribution in [0, 0.1) is 13.8 Å². The van der Waals surface area contributed by atoms with Gasteiger partial charge in [0.05, 0.1) is 0 Å². The summed E-state index contributed by atoms with van der Waals surface area (Å²) in [7, 11) is 0. The van der Waals surface area contributed by atoms with Crippen molar-refractivity contribution in [3.8, 4) is 0 Å². The Morgan fingerprint density at radius 3 is 2.79 bits per heavy atom. The van der Waals surface area contributed by atoms with Crippen LogP contribution in [0.15, 0.2) is 45.0 Å². The number of hydrogen-bond donors (Lipinski definition) is 1. The Morgan fingerprint density at radius 2 is 2.00 bits per heavy atom. The Morgan fingerprint density at radius 1 is 1.16 bits per heavy atom. The van der Waals surface area contributed by atoms with Crippen molar-refractivity contribution in [2.45, 2.75) is 23.8 Å². The number of H-pyrrole nitrogens is 1. The molecular formula is C13H12N4OS. The molecule has 0 saturated carbocycles. The smallest absolute Gasteiger partial charge is 0.244 e. The van der Waals surface area contributed by atoms with Crippen molar-refractivity contribution < 1.29 is 0 Å². The summed E-state index contributed by atoms with van der Waals surface area (Å²) in [6.07, 6.45) is 0. The summed E-state index contributed by atoms with van der Waals surface area (Å²) in [5, 5.41) is 11.2. The number of aromatic amines is 1. The van der Waals surface area contributed by atoms with Crippen molar-refractivity contribution in [1.29, 1.82) is 0 Å². The minimum Gasteiger partial charge on any atom is -0.244 e. The lowest BCUT2D eigenvalue weighted by molar-refractivity contribution is 0.820. The summed E-state index contributed by atoms with van der Waals surface area (Å²) in [6.45, 7) is 4.16. The third-order valence-corrected chi connectivity index (χ3v) is 3.87. The van der Waals surface area contributed by atoms with Gasteiger partial charge >= 0.3 is 5.69 Å². The lowest BCUT2D eigenvalue weighted by Crippen LogP contribution is -2.12. The van der Waals surface area contributed by atoms with Crippen LogP contribution in [0.3, 0.4) is 0 Å². The van der Waals surface area contributed by atoms with Gasteiger partial charge in [0, 0.05) is 4.90 Å². The first-order valence-electron chi connectivity index (χ1n) is 5.83. The number of benzene rings is 1. The molecule has 0 unspecified atom stereocenters. The van der Waals surface area contributed by atoms with Crippen LogP contribution in [-0.2, 0) is 0 Å². The minimum atomic E-state index is -0.322. The molecule has 1 aromatic carbocycles. The molecule has 1 N–H and O–H groups in total. The van der Waals surface area contributed by atoms with E-state index in [-0.39, 0.29) is 5.69 Å². The molecule has 0 fully saturated rings. The van der Waals surface area contributed by atoms with E-state index in [1.807, 2.05) is 6.07 Å². The fraction of sp³-hybridized carbons (Fsp3) is 0.154. The van der Waals surface area contributed by atoms with Crippen LogP contribution < -0.4 is 5.69 Å². The lowest BCUT2D eigenvalue weighted by Gasteiger charge is -2.04. The van der Waals surface area contributed by atoms with Gasteiger partial charge in [-0.2, -0.15) is 14.7 Å². The Hall–Kier alpha value is -2.08. The predicted molar refractivity (Wildman–Crippen MR) is 73.6 cm³/mol. The molecule has 0 saturated heterocycles. The number of rotatable bonds is 2. The molecule has 0 aliphatic carbocycles. The first kappa shape index (κ1) is 12.0. The van der Waals surface area contributed by atoms with Gasteiger partial charge in [-0.15, -0.1) is 0 Å². The summed E-state index contributed by atoms with van der Waals surface area (Å²) < 4.78 is 1.27. The first-order valence-corrected chi connectivity index (χ1v) is 6.65. The molecule has 0 spiro atoms. The Balaban J connectivity index is 1.98. The maximum absolute atomic E-state index is 11.5. The highest BCUT2D eigenvalue weighted by Gasteiger charge is 2.05. The van der Waals surface area contributed by atoms with Crippen LogP contribution in [0.5, 0.6) is 0 Å². The first-order chi connectivity index (χ1) is 9.13. The molecule has 0 bridgehead atoms. The molecular weight excluding hydrogens is 260 g/mol. The van der Waals surface area contributed by atoms with Crippen molar-refractivity contribution in [3.05, 3.63) is 51.9 Å². The van der Waals surface area contributed by atoms with Gasteiger partial charge in [-0.3, -0.25) is 0 Å². The zero-order chi connectivity index (χ0) is 13.4. The number of aryl methyl sites for hydroxylation is 2. The summed E-state index contributed by atoms with van der Waals surface area (Å²) in [6, 6.07) is 9.88. The van der Waals surface area contributed by atoms with E-state index in [9.17, 15) is 4.79 Å². The Bertz CT molecular complexity index is 806. The normalized spacial score (nSPS) is 11.1. The van der Waals surface area contributed by atoms with Crippen LogP contribution in [-0.4, -0.2) is 19.8 Å². The van der Waals surface area contributed by atoms with Gasteiger partial charge in [0.15, 0.2) is 5.65 Å². The highest BCUT2D eigenvalue weighted by molar-refractivity contribution is 7.99. The largest absolute Gasteiger partial charge is 0.364 e. The maximum atomic E-state index is 11.5. The van der Waals surface area contributed by atoms with Gasteiger partial charge in [0.25, 0.3) is 0 Å². The van der Waals surface area contributed by atoms with E-state index < -0.39 is 0 Å². The molecule has 6 heteroatoms. The number of aromatic nitrogens is 4. The second-order valence-corrected chi connectivity index (χ2v) is 5.41. The topological polar surface area (TPSA) is 63.0 Å². The summed E-state index contributed by atoms with van der Waals surface area (Å²) in [5.41, 5.74) is 2.71. The van der Waals surface area contributed by atoms with Crippen LogP contribution >= 0.6 is 11.8 Å². The van der Waals surface area contributed by atoms with Gasteiger partial charge in [-0.1, -0.05) is 17.8 Å². The van der Waals surface area contributed by atoms with Gasteiger partial charge in [0.1, 0.15) is 5.03 Å². The zero-order valence-electron chi connectivity index (χ0n) is 10.5. The standard InChI is InChI=1S/C13H12N4OS/c1-8-3-4-10(7-9(8)2)19-12-6-5-11-14-15-13(18)17(11)16-12/h3-7H,1-2H3,(H,15,18). The number of fused-ring (bicyclic) bond motifs is 1. The molecule has 3 aromatic rings. The molecule has 96 valence electrons. The molecule has 3 rings (SSSR count). The van der Waals surface area contributed by atoms with Crippen molar-refractivity contribution in [2.75, 3.05) is 0 Å². The highest BCUT2D eigenvalue weighted by atomic mass is 32.2. The molecule has 0 radical (unpaired) electrons. The third-order valence-electron chi connectivity index (χ3n) is 2.95. The van der Waals surface area contributed by atoms with Gasteiger partial charge < -0.3 is 0 Å². The van der Waals surface area contributed by atoms with Crippen molar-refractivity contribution in [1.82, 2.24) is 19.8 Å². The van der Waals surface area contributed by atoms with Crippen LogP contribution in [0.2, 0.25) is 0 Å². The molecule has 2 aromatic heterocycles. The lowest BCUT2D eigenvalue weighted by atomic mass is 10.1. The molecule has 0 atom stereocenters. The fourth-order valence-corrected chi connectivity index (χ4v) is 2.61. The van der Waals surface area contributed by atoms with Crippen molar-refractivity contribution in [3.63, 3.8) is 0 Å². The second-order valence-electron chi connectivity index (χ2n) is 4.32. The van der Waals surface area contributed by atoms with E-state index >= 15 is 0 Å².